The van der Waals surface area contributed by atoms with E-state index in [0.717, 1.165) is 18.4 Å². The topological polar surface area (TPSA) is 66.4 Å². The van der Waals surface area contributed by atoms with Crippen molar-refractivity contribution in [2.24, 2.45) is 5.41 Å². The molecule has 0 radical (unpaired) electrons. The zero-order valence-corrected chi connectivity index (χ0v) is 13.8. The Bertz CT molecular complexity index is 490. The van der Waals surface area contributed by atoms with Gasteiger partial charge in [0.2, 0.25) is 0 Å². The van der Waals surface area contributed by atoms with Gasteiger partial charge in [-0.1, -0.05) is 26.0 Å². The van der Waals surface area contributed by atoms with Gasteiger partial charge in [-0.3, -0.25) is 9.00 Å². The minimum Gasteiger partial charge on any atom is -0.396 e. The summed E-state index contributed by atoms with van der Waals surface area (Å²) < 4.78 is 11.3. The van der Waals surface area contributed by atoms with Crippen molar-refractivity contribution in [2.75, 3.05) is 19.4 Å². The van der Waals surface area contributed by atoms with Crippen LogP contribution in [0.2, 0.25) is 0 Å². The molecule has 1 amide bonds. The van der Waals surface area contributed by atoms with Gasteiger partial charge in [0, 0.05) is 40.3 Å². The molecule has 21 heavy (non-hydrogen) atoms. The van der Waals surface area contributed by atoms with Crippen LogP contribution in [0.4, 0.5) is 0 Å². The molecule has 1 aromatic carbocycles. The van der Waals surface area contributed by atoms with Crippen LogP contribution in [0.5, 0.6) is 0 Å². The highest BCUT2D eigenvalue weighted by Gasteiger charge is 2.25. The average molecular weight is 311 g/mol. The first kappa shape index (κ1) is 17.9. The summed E-state index contributed by atoms with van der Waals surface area (Å²) in [4.78, 5) is 12.2. The van der Waals surface area contributed by atoms with Crippen LogP contribution >= 0.6 is 0 Å². The molecule has 0 aliphatic rings. The standard InChI is InChI=1S/C16H25NO3S/c1-4-16(5-2,12-18)11-17-15(19)14-8-6-7-13(9-14)10-21(3)20/h6-9,18H,4-5,10-12H2,1-3H3,(H,17,19). The Labute approximate surface area is 129 Å². The quantitative estimate of drug-likeness (QED) is 0.772. The molecule has 118 valence electrons. The zero-order valence-electron chi connectivity index (χ0n) is 13.0. The maximum absolute atomic E-state index is 12.2. The number of hydrogen-bond acceptors (Lipinski definition) is 3. The van der Waals surface area contributed by atoms with Gasteiger partial charge in [-0.25, -0.2) is 0 Å². The number of nitrogens with one attached hydrogen (secondary N) is 1. The van der Waals surface area contributed by atoms with E-state index in [1.165, 1.54) is 0 Å². The van der Waals surface area contributed by atoms with Crippen LogP contribution in [0.1, 0.15) is 42.6 Å². The van der Waals surface area contributed by atoms with Gasteiger partial charge in [-0.05, 0) is 30.5 Å². The van der Waals surface area contributed by atoms with Gasteiger partial charge < -0.3 is 10.4 Å². The van der Waals surface area contributed by atoms with E-state index in [4.69, 9.17) is 0 Å². The van der Waals surface area contributed by atoms with Crippen LogP contribution in [-0.4, -0.2) is 34.6 Å². The van der Waals surface area contributed by atoms with Gasteiger partial charge in [-0.15, -0.1) is 0 Å². The molecule has 0 aliphatic carbocycles. The Morgan fingerprint density at radius 3 is 2.52 bits per heavy atom. The van der Waals surface area contributed by atoms with Gasteiger partial charge in [0.05, 0.1) is 6.61 Å². The summed E-state index contributed by atoms with van der Waals surface area (Å²) in [5.41, 5.74) is 1.21. The Kier molecular flexibility index (Phi) is 7.05. The van der Waals surface area contributed by atoms with Crippen molar-refractivity contribution in [2.45, 2.75) is 32.4 Å². The molecule has 0 fully saturated rings. The minimum atomic E-state index is -0.925. The van der Waals surface area contributed by atoms with Crippen LogP contribution in [-0.2, 0) is 16.6 Å². The summed E-state index contributed by atoms with van der Waals surface area (Å²) in [5.74, 6) is 0.296. The van der Waals surface area contributed by atoms with E-state index in [1.54, 1.807) is 24.5 Å². The molecule has 0 heterocycles. The normalized spacial score (nSPS) is 13.0. The molecular formula is C16H25NO3S. The molecule has 0 spiro atoms. The fourth-order valence-corrected chi connectivity index (χ4v) is 2.84. The van der Waals surface area contributed by atoms with Gasteiger partial charge in [0.1, 0.15) is 0 Å². The molecule has 0 saturated heterocycles. The number of aliphatic hydroxyl groups is 1. The van der Waals surface area contributed by atoms with Crippen molar-refractivity contribution in [3.8, 4) is 0 Å². The van der Waals surface area contributed by atoms with Crippen LogP contribution < -0.4 is 5.32 Å². The summed E-state index contributed by atoms with van der Waals surface area (Å²) in [6.45, 7) is 4.56. The van der Waals surface area contributed by atoms with Crippen molar-refractivity contribution in [1.82, 2.24) is 5.32 Å². The van der Waals surface area contributed by atoms with Crippen LogP contribution in [0.3, 0.4) is 0 Å². The second-order valence-electron chi connectivity index (χ2n) is 5.47. The smallest absolute Gasteiger partial charge is 0.251 e. The summed E-state index contributed by atoms with van der Waals surface area (Å²) in [5, 5.41) is 12.4. The third-order valence-corrected chi connectivity index (χ3v) is 4.76. The first-order valence-electron chi connectivity index (χ1n) is 7.24. The van der Waals surface area contributed by atoms with Gasteiger partial charge in [0.15, 0.2) is 0 Å². The monoisotopic (exact) mass is 311 g/mol. The Morgan fingerprint density at radius 2 is 2.00 bits per heavy atom. The van der Waals surface area contributed by atoms with E-state index in [1.807, 2.05) is 19.9 Å². The van der Waals surface area contributed by atoms with Gasteiger partial charge >= 0.3 is 0 Å². The Hall–Kier alpha value is -1.20. The Balaban J connectivity index is 2.73. The van der Waals surface area contributed by atoms with E-state index >= 15 is 0 Å². The number of carbonyl (C=O) groups is 1. The van der Waals surface area contributed by atoms with Crippen molar-refractivity contribution in [3.63, 3.8) is 0 Å². The number of amides is 1. The lowest BCUT2D eigenvalue weighted by Gasteiger charge is -2.29. The first-order chi connectivity index (χ1) is 9.96. The highest BCUT2D eigenvalue weighted by molar-refractivity contribution is 7.83. The molecule has 2 N–H and O–H groups in total. The minimum absolute atomic E-state index is 0.0646. The number of carbonyl (C=O) groups excluding carboxylic acids is 1. The lowest BCUT2D eigenvalue weighted by atomic mass is 9.83. The third kappa shape index (κ3) is 5.25. The highest BCUT2D eigenvalue weighted by atomic mass is 32.2. The number of hydrogen-bond donors (Lipinski definition) is 2. The predicted octanol–water partition coefficient (Wildman–Crippen LogP) is 2.09. The fourth-order valence-electron chi connectivity index (χ4n) is 2.19. The lowest BCUT2D eigenvalue weighted by molar-refractivity contribution is 0.0851. The average Bonchev–Trinajstić information content (AvgIpc) is 2.48. The Morgan fingerprint density at radius 1 is 1.33 bits per heavy atom. The molecule has 5 heteroatoms. The van der Waals surface area contributed by atoms with Gasteiger partial charge in [0.25, 0.3) is 5.91 Å². The van der Waals surface area contributed by atoms with Crippen molar-refractivity contribution in [1.29, 1.82) is 0 Å². The van der Waals surface area contributed by atoms with E-state index in [-0.39, 0.29) is 17.9 Å². The molecule has 1 unspecified atom stereocenters. The second-order valence-corrected chi connectivity index (χ2v) is 6.90. The number of benzene rings is 1. The third-order valence-electron chi connectivity index (χ3n) is 4.02. The SMILES string of the molecule is CCC(CC)(CO)CNC(=O)c1cccc(CS(C)=O)c1. The molecule has 1 atom stereocenters. The predicted molar refractivity (Wildman–Crippen MR) is 86.6 cm³/mol. The molecule has 0 saturated carbocycles. The molecule has 0 bridgehead atoms. The summed E-state index contributed by atoms with van der Waals surface area (Å²) in [6.07, 6.45) is 3.27. The maximum Gasteiger partial charge on any atom is 0.251 e. The van der Waals surface area contributed by atoms with E-state index in [9.17, 15) is 14.1 Å². The van der Waals surface area contributed by atoms with E-state index < -0.39 is 10.8 Å². The number of aliphatic hydroxyl groups excluding tert-OH is 1. The first-order valence-corrected chi connectivity index (χ1v) is 8.97. The largest absolute Gasteiger partial charge is 0.396 e. The molecule has 4 nitrogen and oxygen atoms in total. The van der Waals surface area contributed by atoms with E-state index in [0.29, 0.717) is 17.9 Å². The van der Waals surface area contributed by atoms with Crippen molar-refractivity contribution >= 4 is 16.7 Å². The molecule has 0 aliphatic heterocycles. The molecule has 1 aromatic rings. The number of rotatable bonds is 8. The second kappa shape index (κ2) is 8.29. The van der Waals surface area contributed by atoms with Crippen molar-refractivity contribution < 1.29 is 14.1 Å². The van der Waals surface area contributed by atoms with E-state index in [2.05, 4.69) is 5.32 Å². The lowest BCUT2D eigenvalue weighted by Crippen LogP contribution is -2.39. The highest BCUT2D eigenvalue weighted by Crippen LogP contribution is 2.24. The zero-order chi connectivity index (χ0) is 15.9. The van der Waals surface area contributed by atoms with Crippen LogP contribution in [0, 0.1) is 5.41 Å². The molecular weight excluding hydrogens is 286 g/mol. The molecule has 1 rings (SSSR count). The summed E-state index contributed by atoms with van der Waals surface area (Å²) in [7, 11) is -0.925. The molecule has 0 aromatic heterocycles. The maximum atomic E-state index is 12.2. The van der Waals surface area contributed by atoms with Crippen LogP contribution in [0.25, 0.3) is 0 Å². The van der Waals surface area contributed by atoms with Crippen molar-refractivity contribution in [3.05, 3.63) is 35.4 Å². The van der Waals surface area contributed by atoms with Gasteiger partial charge in [-0.2, -0.15) is 0 Å². The summed E-state index contributed by atoms with van der Waals surface area (Å²) >= 11 is 0. The summed E-state index contributed by atoms with van der Waals surface area (Å²) in [6, 6.07) is 7.19. The van der Waals surface area contributed by atoms with Crippen LogP contribution in [0.15, 0.2) is 24.3 Å². The fraction of sp³-hybridized carbons (Fsp3) is 0.562.